The maximum absolute atomic E-state index is 13.3. The summed E-state index contributed by atoms with van der Waals surface area (Å²) in [5.41, 5.74) is 0. The van der Waals surface area contributed by atoms with Gasteiger partial charge in [0.15, 0.2) is 0 Å². The van der Waals surface area contributed by atoms with Gasteiger partial charge in [-0.25, -0.2) is 4.39 Å². The molecule has 102 valence electrons. The van der Waals surface area contributed by atoms with Gasteiger partial charge in [-0.1, -0.05) is 38.3 Å². The van der Waals surface area contributed by atoms with Crippen LogP contribution in [0.25, 0.3) is 0 Å². The zero-order valence-electron chi connectivity index (χ0n) is 11.4. The van der Waals surface area contributed by atoms with Gasteiger partial charge in [-0.05, 0) is 25.5 Å². The van der Waals surface area contributed by atoms with Crippen molar-refractivity contribution in [2.45, 2.75) is 50.5 Å². The molecule has 1 aromatic carbocycles. The lowest BCUT2D eigenvalue weighted by atomic mass is 10.1. The number of benzene rings is 1. The molecule has 1 atom stereocenters. The molecule has 1 N–H and O–H groups in total. The van der Waals surface area contributed by atoms with Crippen LogP contribution in [0.2, 0.25) is 0 Å². The predicted molar refractivity (Wildman–Crippen MR) is 78.7 cm³/mol. The predicted octanol–water partition coefficient (Wildman–Crippen LogP) is 4.48. The van der Waals surface area contributed by atoms with Crippen LogP contribution in [-0.2, 0) is 0 Å². The molecule has 0 aromatic heterocycles. The van der Waals surface area contributed by atoms with Crippen LogP contribution in [0.1, 0.15) is 39.5 Å². The first-order chi connectivity index (χ1) is 8.74. The number of hydrogen-bond acceptors (Lipinski definition) is 2. The molecule has 1 aromatic rings. The average Bonchev–Trinajstić information content (AvgIpc) is 2.37. The van der Waals surface area contributed by atoms with Crippen LogP contribution in [0.5, 0.6) is 0 Å². The molecule has 0 saturated heterocycles. The molecule has 0 aliphatic heterocycles. The van der Waals surface area contributed by atoms with E-state index in [9.17, 15) is 4.39 Å². The van der Waals surface area contributed by atoms with Crippen molar-refractivity contribution in [3.63, 3.8) is 0 Å². The highest BCUT2D eigenvalue weighted by molar-refractivity contribution is 7.99. The van der Waals surface area contributed by atoms with E-state index < -0.39 is 0 Å². The van der Waals surface area contributed by atoms with Gasteiger partial charge in [0.05, 0.1) is 0 Å². The summed E-state index contributed by atoms with van der Waals surface area (Å²) in [6, 6.07) is 7.53. The molecule has 0 radical (unpaired) electrons. The fraction of sp³-hybridized carbons (Fsp3) is 0.600. The molecule has 0 fully saturated rings. The third kappa shape index (κ3) is 6.41. The van der Waals surface area contributed by atoms with E-state index in [1.165, 1.54) is 31.7 Å². The Labute approximate surface area is 115 Å². The Hall–Kier alpha value is -0.540. The van der Waals surface area contributed by atoms with Crippen LogP contribution < -0.4 is 5.32 Å². The molecule has 1 rings (SSSR count). The second-order valence-electron chi connectivity index (χ2n) is 4.63. The van der Waals surface area contributed by atoms with Crippen LogP contribution in [-0.4, -0.2) is 18.3 Å². The van der Waals surface area contributed by atoms with Crippen LogP contribution >= 0.6 is 11.8 Å². The molecule has 18 heavy (non-hydrogen) atoms. The molecule has 1 unspecified atom stereocenters. The Morgan fingerprint density at radius 1 is 1.28 bits per heavy atom. The fourth-order valence-electron chi connectivity index (χ4n) is 1.83. The van der Waals surface area contributed by atoms with Gasteiger partial charge in [0.2, 0.25) is 0 Å². The van der Waals surface area contributed by atoms with Crippen molar-refractivity contribution in [2.75, 3.05) is 12.3 Å². The second kappa shape index (κ2) is 9.40. The Morgan fingerprint density at radius 2 is 2.06 bits per heavy atom. The van der Waals surface area contributed by atoms with Gasteiger partial charge in [-0.15, -0.1) is 11.8 Å². The lowest BCUT2D eigenvalue weighted by molar-refractivity contribution is 0.502. The third-order valence-corrected chi connectivity index (χ3v) is 3.98. The molecule has 3 heteroatoms. The monoisotopic (exact) mass is 269 g/mol. The SMILES string of the molecule is CCCCCC(C)NCCSc1ccccc1F. The molecule has 0 spiro atoms. The summed E-state index contributed by atoms with van der Waals surface area (Å²) >= 11 is 1.58. The zero-order chi connectivity index (χ0) is 13.2. The third-order valence-electron chi connectivity index (χ3n) is 2.93. The van der Waals surface area contributed by atoms with Gasteiger partial charge in [-0.2, -0.15) is 0 Å². The highest BCUT2D eigenvalue weighted by atomic mass is 32.2. The van der Waals surface area contributed by atoms with E-state index in [0.717, 1.165) is 17.2 Å². The van der Waals surface area contributed by atoms with Gasteiger partial charge in [0, 0.05) is 23.2 Å². The summed E-state index contributed by atoms with van der Waals surface area (Å²) in [6.07, 6.45) is 5.12. The first kappa shape index (κ1) is 15.5. The maximum Gasteiger partial charge on any atom is 0.136 e. The average molecular weight is 269 g/mol. The van der Waals surface area contributed by atoms with Crippen molar-refractivity contribution >= 4 is 11.8 Å². The second-order valence-corrected chi connectivity index (χ2v) is 5.77. The molecule has 0 amide bonds. The largest absolute Gasteiger partial charge is 0.313 e. The minimum atomic E-state index is -0.113. The summed E-state index contributed by atoms with van der Waals surface area (Å²) < 4.78 is 13.3. The molecular formula is C15H24FNS. The topological polar surface area (TPSA) is 12.0 Å². The standard InChI is InChI=1S/C15H24FNS/c1-3-4-5-8-13(2)17-11-12-18-15-10-7-6-9-14(15)16/h6-7,9-10,13,17H,3-5,8,11-12H2,1-2H3. The van der Waals surface area contributed by atoms with E-state index in [0.29, 0.717) is 6.04 Å². The normalized spacial score (nSPS) is 12.6. The minimum Gasteiger partial charge on any atom is -0.313 e. The number of thioether (sulfide) groups is 1. The van der Waals surface area contributed by atoms with Gasteiger partial charge in [0.25, 0.3) is 0 Å². The highest BCUT2D eigenvalue weighted by Gasteiger charge is 2.03. The lowest BCUT2D eigenvalue weighted by Gasteiger charge is -2.13. The number of nitrogens with one attached hydrogen (secondary N) is 1. The Bertz CT molecular complexity index is 330. The lowest BCUT2D eigenvalue weighted by Crippen LogP contribution is -2.28. The highest BCUT2D eigenvalue weighted by Crippen LogP contribution is 2.20. The van der Waals surface area contributed by atoms with Crippen molar-refractivity contribution in [1.29, 1.82) is 0 Å². The molecule has 1 nitrogen and oxygen atoms in total. The van der Waals surface area contributed by atoms with Crippen LogP contribution in [0.15, 0.2) is 29.2 Å². The number of halogens is 1. The molecule has 0 saturated carbocycles. The summed E-state index contributed by atoms with van der Waals surface area (Å²) in [6.45, 7) is 5.39. The Balaban J connectivity index is 2.09. The van der Waals surface area contributed by atoms with E-state index in [1.807, 2.05) is 12.1 Å². The van der Waals surface area contributed by atoms with Crippen molar-refractivity contribution in [2.24, 2.45) is 0 Å². The van der Waals surface area contributed by atoms with Gasteiger partial charge >= 0.3 is 0 Å². The van der Waals surface area contributed by atoms with E-state index in [2.05, 4.69) is 19.2 Å². The molecule has 0 aliphatic carbocycles. The maximum atomic E-state index is 13.3. The molecular weight excluding hydrogens is 245 g/mol. The number of hydrogen-bond donors (Lipinski definition) is 1. The summed E-state index contributed by atoms with van der Waals surface area (Å²) in [7, 11) is 0. The summed E-state index contributed by atoms with van der Waals surface area (Å²) in [4.78, 5) is 0.748. The van der Waals surface area contributed by atoms with Crippen molar-refractivity contribution in [3.05, 3.63) is 30.1 Å². The Kier molecular flexibility index (Phi) is 8.10. The first-order valence-corrected chi connectivity index (χ1v) is 7.83. The molecule has 0 bridgehead atoms. The smallest absolute Gasteiger partial charge is 0.136 e. The molecule has 0 aliphatic rings. The van der Waals surface area contributed by atoms with Crippen molar-refractivity contribution in [3.8, 4) is 0 Å². The van der Waals surface area contributed by atoms with Crippen molar-refractivity contribution in [1.82, 2.24) is 5.32 Å². The molecule has 0 heterocycles. The van der Waals surface area contributed by atoms with Gasteiger partial charge < -0.3 is 5.32 Å². The van der Waals surface area contributed by atoms with E-state index in [1.54, 1.807) is 17.8 Å². The van der Waals surface area contributed by atoms with Crippen molar-refractivity contribution < 1.29 is 4.39 Å². The van der Waals surface area contributed by atoms with E-state index in [-0.39, 0.29) is 5.82 Å². The fourth-order valence-corrected chi connectivity index (χ4v) is 2.65. The van der Waals surface area contributed by atoms with Crippen LogP contribution in [0.3, 0.4) is 0 Å². The summed E-state index contributed by atoms with van der Waals surface area (Å²) in [5.74, 6) is 0.803. The first-order valence-electron chi connectivity index (χ1n) is 6.84. The quantitative estimate of drug-likeness (QED) is 0.524. The van der Waals surface area contributed by atoms with Crippen LogP contribution in [0.4, 0.5) is 4.39 Å². The van der Waals surface area contributed by atoms with E-state index >= 15 is 0 Å². The van der Waals surface area contributed by atoms with Gasteiger partial charge in [-0.3, -0.25) is 0 Å². The summed E-state index contributed by atoms with van der Waals surface area (Å²) in [5, 5.41) is 3.49. The Morgan fingerprint density at radius 3 is 2.78 bits per heavy atom. The zero-order valence-corrected chi connectivity index (χ0v) is 12.2. The number of unbranched alkanes of at least 4 members (excludes halogenated alkanes) is 2. The van der Waals surface area contributed by atoms with Gasteiger partial charge in [0.1, 0.15) is 5.82 Å². The van der Waals surface area contributed by atoms with E-state index in [4.69, 9.17) is 0 Å². The van der Waals surface area contributed by atoms with Crippen LogP contribution in [0, 0.1) is 5.82 Å². The number of rotatable bonds is 9. The minimum absolute atomic E-state index is 0.113.